The topological polar surface area (TPSA) is 264 Å². The van der Waals surface area contributed by atoms with E-state index in [4.69, 9.17) is 11.5 Å². The maximum atomic E-state index is 9.68. The second-order valence-electron chi connectivity index (χ2n) is 5.31. The Morgan fingerprint density at radius 3 is 1.59 bits per heavy atom. The van der Waals surface area contributed by atoms with E-state index in [1.54, 1.807) is 0 Å². The minimum atomic E-state index is -0.563. The molecule has 18 heteroatoms. The second-order valence-corrected chi connectivity index (χ2v) is 5.31. The van der Waals surface area contributed by atoms with Gasteiger partial charge in [-0.05, 0) is 25.8 Å². The third kappa shape index (κ3) is 2.71. The van der Waals surface area contributed by atoms with Gasteiger partial charge < -0.3 is 26.9 Å². The van der Waals surface area contributed by atoms with Gasteiger partial charge in [0.1, 0.15) is 22.8 Å². The number of hydrogen-bond acceptors (Lipinski definition) is 16. The fraction of sp³-hybridized carbons (Fsp3) is 0.182. The van der Waals surface area contributed by atoms with E-state index < -0.39 is 19.2 Å². The minimum Gasteiger partial charge on any atom is -0.408 e. The highest BCUT2D eigenvalue weighted by Gasteiger charge is 2.29. The molecule has 4 aromatic heterocycles. The SMILES string of the molecule is Nc1nonc1-c1c(CO)nnn1C(=NO)n1nnc(CO)c1-c1nonc1N. The highest BCUT2D eigenvalue weighted by molar-refractivity contribution is 5.91. The summed E-state index contributed by atoms with van der Waals surface area (Å²) in [6, 6.07) is 0. The number of hydrogen-bond donors (Lipinski definition) is 5. The predicted octanol–water partition coefficient (Wildman–Crippen LogP) is -2.74. The van der Waals surface area contributed by atoms with Crippen molar-refractivity contribution in [2.45, 2.75) is 13.2 Å². The molecule has 29 heavy (non-hydrogen) atoms. The lowest BCUT2D eigenvalue weighted by Crippen LogP contribution is -2.26. The number of anilines is 2. The van der Waals surface area contributed by atoms with Crippen molar-refractivity contribution in [3.63, 3.8) is 0 Å². The second kappa shape index (κ2) is 6.94. The summed E-state index contributed by atoms with van der Waals surface area (Å²) in [5, 5.41) is 61.4. The van der Waals surface area contributed by atoms with Crippen LogP contribution in [0.25, 0.3) is 22.8 Å². The van der Waals surface area contributed by atoms with Gasteiger partial charge in [-0.3, -0.25) is 0 Å². The van der Waals surface area contributed by atoms with Crippen molar-refractivity contribution >= 4 is 17.6 Å². The normalized spacial score (nSPS) is 11.1. The number of aliphatic hydroxyl groups excluding tert-OH is 2. The number of nitrogens with two attached hydrogens (primary N) is 2. The van der Waals surface area contributed by atoms with Crippen LogP contribution in [0.5, 0.6) is 0 Å². The first-order chi connectivity index (χ1) is 14.1. The molecule has 0 aromatic carbocycles. The maximum absolute atomic E-state index is 9.68. The first-order valence-electron chi connectivity index (χ1n) is 7.61. The van der Waals surface area contributed by atoms with E-state index in [2.05, 4.69) is 55.7 Å². The highest BCUT2D eigenvalue weighted by atomic mass is 16.6. The highest BCUT2D eigenvalue weighted by Crippen LogP contribution is 2.28. The minimum absolute atomic E-state index is 0.00250. The van der Waals surface area contributed by atoms with E-state index >= 15 is 0 Å². The van der Waals surface area contributed by atoms with Gasteiger partial charge in [0.05, 0.1) is 13.2 Å². The number of aromatic nitrogens is 10. The Kier molecular flexibility index (Phi) is 4.29. The van der Waals surface area contributed by atoms with Crippen molar-refractivity contribution in [3.05, 3.63) is 11.4 Å². The van der Waals surface area contributed by atoms with E-state index in [0.29, 0.717) is 0 Å². The fourth-order valence-electron chi connectivity index (χ4n) is 2.49. The molecule has 0 unspecified atom stereocenters. The summed E-state index contributed by atoms with van der Waals surface area (Å²) >= 11 is 0. The molecule has 0 radical (unpaired) electrons. The maximum Gasteiger partial charge on any atom is 0.292 e. The van der Waals surface area contributed by atoms with Gasteiger partial charge in [-0.2, -0.15) is 9.36 Å². The molecule has 150 valence electrons. The van der Waals surface area contributed by atoms with Gasteiger partial charge in [0.2, 0.25) is 0 Å². The van der Waals surface area contributed by atoms with Crippen LogP contribution in [-0.2, 0) is 13.2 Å². The van der Waals surface area contributed by atoms with E-state index in [1.165, 1.54) is 0 Å². The van der Waals surface area contributed by atoms with Crippen molar-refractivity contribution in [2.24, 2.45) is 5.16 Å². The standard InChI is InChI=1S/C11H11N13O5/c12-9-5(17-28-19-9)7-3(1-25)14-21-23(7)11(16-27)24-8(4(2-26)15-22-24)6-10(13)20-29-18-6/h25-27H,1-2H2,(H2,12,19)(H2,13,20). The van der Waals surface area contributed by atoms with Crippen molar-refractivity contribution in [1.82, 2.24) is 50.6 Å². The molecular formula is C11H11N13O5. The van der Waals surface area contributed by atoms with Crippen LogP contribution in [0.1, 0.15) is 11.4 Å². The number of nitrogen functional groups attached to an aromatic ring is 2. The van der Waals surface area contributed by atoms with E-state index in [0.717, 1.165) is 9.36 Å². The molecule has 4 heterocycles. The van der Waals surface area contributed by atoms with Gasteiger partial charge in [-0.15, -0.1) is 10.2 Å². The molecule has 0 fully saturated rings. The zero-order valence-electron chi connectivity index (χ0n) is 14.1. The summed E-state index contributed by atoms with van der Waals surface area (Å²) in [5.41, 5.74) is 11.4. The molecule has 0 saturated heterocycles. The summed E-state index contributed by atoms with van der Waals surface area (Å²) in [5.74, 6) is -0.695. The average molecular weight is 405 g/mol. The van der Waals surface area contributed by atoms with E-state index in [1.807, 2.05) is 0 Å². The lowest BCUT2D eigenvalue weighted by atomic mass is 10.2. The van der Waals surface area contributed by atoms with Crippen LogP contribution in [0.4, 0.5) is 11.6 Å². The predicted molar refractivity (Wildman–Crippen MR) is 87.3 cm³/mol. The Labute approximate surface area is 157 Å². The zero-order valence-corrected chi connectivity index (χ0v) is 14.1. The lowest BCUT2D eigenvalue weighted by Gasteiger charge is -2.09. The molecule has 0 aliphatic rings. The lowest BCUT2D eigenvalue weighted by molar-refractivity contribution is 0.276. The van der Waals surface area contributed by atoms with Gasteiger partial charge in [0.15, 0.2) is 23.0 Å². The summed E-state index contributed by atoms with van der Waals surface area (Å²) in [6.07, 6.45) is 0. The van der Waals surface area contributed by atoms with Crippen LogP contribution < -0.4 is 11.5 Å². The molecule has 0 saturated carbocycles. The Hall–Kier alpha value is -4.45. The quantitative estimate of drug-likeness (QED) is 0.0997. The van der Waals surface area contributed by atoms with Gasteiger partial charge >= 0.3 is 0 Å². The van der Waals surface area contributed by atoms with E-state index in [-0.39, 0.29) is 45.8 Å². The Bertz CT molecular complexity index is 1100. The van der Waals surface area contributed by atoms with Gasteiger partial charge in [-0.25, -0.2) is 9.26 Å². The Morgan fingerprint density at radius 1 is 0.828 bits per heavy atom. The van der Waals surface area contributed by atoms with E-state index in [9.17, 15) is 15.4 Å². The number of nitrogens with zero attached hydrogens (tertiary/aromatic N) is 11. The molecule has 18 nitrogen and oxygen atoms in total. The molecule has 0 bridgehead atoms. The third-order valence-corrected chi connectivity index (χ3v) is 3.72. The van der Waals surface area contributed by atoms with Crippen LogP contribution in [0.3, 0.4) is 0 Å². The Balaban J connectivity index is 1.95. The first kappa shape index (κ1) is 17.9. The summed E-state index contributed by atoms with van der Waals surface area (Å²) < 4.78 is 11.0. The van der Waals surface area contributed by atoms with Crippen molar-refractivity contribution in [3.8, 4) is 22.8 Å². The number of rotatable bonds is 4. The summed E-state index contributed by atoms with van der Waals surface area (Å²) in [6.45, 7) is -1.13. The van der Waals surface area contributed by atoms with Crippen LogP contribution in [0, 0.1) is 0 Å². The largest absolute Gasteiger partial charge is 0.408 e. The molecule has 0 aliphatic heterocycles. The molecule has 0 aliphatic carbocycles. The smallest absolute Gasteiger partial charge is 0.292 e. The molecule has 0 amide bonds. The van der Waals surface area contributed by atoms with Crippen LogP contribution in [-0.4, -0.2) is 72.0 Å². The molecule has 4 rings (SSSR count). The Morgan fingerprint density at radius 2 is 1.28 bits per heavy atom. The summed E-state index contributed by atoms with van der Waals surface area (Å²) in [4.78, 5) is 0. The first-order valence-corrected chi connectivity index (χ1v) is 7.61. The number of oxime groups is 1. The molecular weight excluding hydrogens is 394 g/mol. The van der Waals surface area contributed by atoms with Crippen LogP contribution >= 0.6 is 0 Å². The third-order valence-electron chi connectivity index (χ3n) is 3.72. The van der Waals surface area contributed by atoms with Gasteiger partial charge in [-0.1, -0.05) is 10.4 Å². The molecule has 0 atom stereocenters. The zero-order chi connectivity index (χ0) is 20.5. The summed E-state index contributed by atoms with van der Waals surface area (Å²) in [7, 11) is 0. The molecule has 0 spiro atoms. The van der Waals surface area contributed by atoms with Crippen molar-refractivity contribution in [2.75, 3.05) is 11.5 Å². The van der Waals surface area contributed by atoms with Gasteiger partial charge in [0, 0.05) is 0 Å². The molecule has 7 N–H and O–H groups in total. The number of aliphatic hydroxyl groups is 2. The molecule has 4 aromatic rings. The van der Waals surface area contributed by atoms with Gasteiger partial charge in [0.25, 0.3) is 5.96 Å². The van der Waals surface area contributed by atoms with Crippen LogP contribution in [0.15, 0.2) is 14.4 Å². The van der Waals surface area contributed by atoms with Crippen molar-refractivity contribution in [1.29, 1.82) is 0 Å². The monoisotopic (exact) mass is 405 g/mol. The fourth-order valence-corrected chi connectivity index (χ4v) is 2.49. The average Bonchev–Trinajstić information content (AvgIpc) is 3.49. The van der Waals surface area contributed by atoms with Crippen LogP contribution in [0.2, 0.25) is 0 Å². The van der Waals surface area contributed by atoms with Crippen molar-refractivity contribution < 1.29 is 24.7 Å².